The van der Waals surface area contributed by atoms with Gasteiger partial charge in [0.05, 0.1) is 27.7 Å². The Hall–Kier alpha value is -3.39. The van der Waals surface area contributed by atoms with Gasteiger partial charge in [-0.15, -0.1) is 0 Å². The molecule has 0 fully saturated rings. The van der Waals surface area contributed by atoms with Crippen molar-refractivity contribution in [1.82, 2.24) is 14.5 Å². The van der Waals surface area contributed by atoms with Crippen LogP contribution in [0.15, 0.2) is 47.3 Å². The first-order valence-electron chi connectivity index (χ1n) is 9.57. The maximum atomic E-state index is 13.6. The Morgan fingerprint density at radius 3 is 2.42 bits per heavy atom. The fourth-order valence-corrected chi connectivity index (χ4v) is 3.93. The van der Waals surface area contributed by atoms with Crippen molar-refractivity contribution in [2.75, 3.05) is 0 Å². The SMILES string of the molecule is C[C@@H](c1nc2cccc(Cl)c2c(=O)n1-c1cccc(C(N)=O)c1)N(C(=O)O)C(C)(C)C. The van der Waals surface area contributed by atoms with Crippen LogP contribution in [0.4, 0.5) is 4.79 Å². The number of halogens is 1. The van der Waals surface area contributed by atoms with Gasteiger partial charge in [-0.05, 0) is 58.0 Å². The smallest absolute Gasteiger partial charge is 0.408 e. The van der Waals surface area contributed by atoms with Crippen molar-refractivity contribution >= 4 is 34.5 Å². The van der Waals surface area contributed by atoms with Gasteiger partial charge in [-0.25, -0.2) is 9.78 Å². The molecule has 9 heteroatoms. The largest absolute Gasteiger partial charge is 0.465 e. The Labute approximate surface area is 183 Å². The molecule has 0 aliphatic carbocycles. The fourth-order valence-electron chi connectivity index (χ4n) is 3.68. The number of primary amides is 1. The molecule has 0 bridgehead atoms. The van der Waals surface area contributed by atoms with Crippen molar-refractivity contribution < 1.29 is 14.7 Å². The van der Waals surface area contributed by atoms with Gasteiger partial charge in [-0.1, -0.05) is 23.7 Å². The third-order valence-corrected chi connectivity index (χ3v) is 5.27. The lowest BCUT2D eigenvalue weighted by atomic mass is 10.0. The minimum Gasteiger partial charge on any atom is -0.465 e. The van der Waals surface area contributed by atoms with E-state index in [1.807, 2.05) is 0 Å². The van der Waals surface area contributed by atoms with Crippen LogP contribution in [0.1, 0.15) is 49.9 Å². The molecule has 0 aliphatic rings. The van der Waals surface area contributed by atoms with Crippen LogP contribution in [-0.2, 0) is 0 Å². The number of carbonyl (C=O) groups excluding carboxylic acids is 1. The van der Waals surface area contributed by atoms with Crippen molar-refractivity contribution in [3.8, 4) is 5.69 Å². The maximum Gasteiger partial charge on any atom is 0.408 e. The number of carboxylic acid groups (broad SMARTS) is 1. The van der Waals surface area contributed by atoms with Crippen LogP contribution in [0.25, 0.3) is 16.6 Å². The molecule has 1 atom stereocenters. The van der Waals surface area contributed by atoms with Crippen molar-refractivity contribution in [3.05, 3.63) is 69.2 Å². The molecular weight excluding hydrogens is 420 g/mol. The number of amides is 2. The number of nitrogens with zero attached hydrogens (tertiary/aromatic N) is 3. The summed E-state index contributed by atoms with van der Waals surface area (Å²) < 4.78 is 1.28. The summed E-state index contributed by atoms with van der Waals surface area (Å²) in [6.07, 6.45) is -1.15. The zero-order valence-corrected chi connectivity index (χ0v) is 18.3. The summed E-state index contributed by atoms with van der Waals surface area (Å²) in [6.45, 7) is 6.93. The van der Waals surface area contributed by atoms with Gasteiger partial charge >= 0.3 is 6.09 Å². The summed E-state index contributed by atoms with van der Waals surface area (Å²) >= 11 is 6.29. The Morgan fingerprint density at radius 1 is 1.19 bits per heavy atom. The van der Waals surface area contributed by atoms with E-state index in [4.69, 9.17) is 17.3 Å². The second kappa shape index (κ2) is 8.03. The van der Waals surface area contributed by atoms with Crippen LogP contribution in [0.3, 0.4) is 0 Å². The minimum absolute atomic E-state index is 0.193. The molecule has 1 aromatic heterocycles. The highest BCUT2D eigenvalue weighted by molar-refractivity contribution is 6.35. The van der Waals surface area contributed by atoms with Crippen molar-refractivity contribution in [3.63, 3.8) is 0 Å². The highest BCUT2D eigenvalue weighted by Crippen LogP contribution is 2.30. The lowest BCUT2D eigenvalue weighted by Crippen LogP contribution is -2.47. The highest BCUT2D eigenvalue weighted by Gasteiger charge is 2.34. The first-order valence-corrected chi connectivity index (χ1v) is 9.95. The molecule has 0 unspecified atom stereocenters. The molecule has 162 valence electrons. The minimum atomic E-state index is -1.15. The second-order valence-electron chi connectivity index (χ2n) is 8.16. The molecule has 0 saturated heterocycles. The number of carbonyl (C=O) groups is 2. The molecule has 2 amide bonds. The van der Waals surface area contributed by atoms with Gasteiger partial charge in [0, 0.05) is 11.1 Å². The van der Waals surface area contributed by atoms with Gasteiger partial charge < -0.3 is 10.8 Å². The number of aromatic nitrogens is 2. The number of nitrogens with two attached hydrogens (primary N) is 1. The molecule has 1 heterocycles. The molecule has 31 heavy (non-hydrogen) atoms. The van der Waals surface area contributed by atoms with Crippen LogP contribution in [0.2, 0.25) is 5.02 Å². The van der Waals surface area contributed by atoms with Crippen molar-refractivity contribution in [2.24, 2.45) is 5.73 Å². The average molecular weight is 443 g/mol. The lowest BCUT2D eigenvalue weighted by molar-refractivity contribution is 0.0719. The molecule has 0 saturated carbocycles. The predicted molar refractivity (Wildman–Crippen MR) is 119 cm³/mol. The molecule has 3 N–H and O–H groups in total. The van der Waals surface area contributed by atoms with Gasteiger partial charge in [-0.3, -0.25) is 19.1 Å². The molecule has 3 rings (SSSR count). The van der Waals surface area contributed by atoms with Gasteiger partial charge in [-0.2, -0.15) is 0 Å². The van der Waals surface area contributed by atoms with Crippen LogP contribution in [0.5, 0.6) is 0 Å². The molecule has 8 nitrogen and oxygen atoms in total. The van der Waals surface area contributed by atoms with E-state index >= 15 is 0 Å². The van der Waals surface area contributed by atoms with Crippen LogP contribution < -0.4 is 11.3 Å². The average Bonchev–Trinajstić information content (AvgIpc) is 2.66. The predicted octanol–water partition coefficient (Wildman–Crippen LogP) is 3.98. The summed E-state index contributed by atoms with van der Waals surface area (Å²) in [7, 11) is 0. The number of hydrogen-bond donors (Lipinski definition) is 2. The first-order chi connectivity index (χ1) is 14.4. The van der Waals surface area contributed by atoms with Crippen LogP contribution >= 0.6 is 11.6 Å². The molecule has 2 aromatic carbocycles. The Morgan fingerprint density at radius 2 is 1.84 bits per heavy atom. The fraction of sp³-hybridized carbons (Fsp3) is 0.273. The zero-order chi connectivity index (χ0) is 23.1. The van der Waals surface area contributed by atoms with Gasteiger partial charge in [0.25, 0.3) is 5.56 Å². The summed E-state index contributed by atoms with van der Waals surface area (Å²) in [6, 6.07) is 10.3. The van der Waals surface area contributed by atoms with Gasteiger partial charge in [0.1, 0.15) is 5.82 Å². The third kappa shape index (κ3) is 4.11. The summed E-state index contributed by atoms with van der Waals surface area (Å²) in [4.78, 5) is 43.2. The van der Waals surface area contributed by atoms with Crippen LogP contribution in [0, 0.1) is 0 Å². The first kappa shape index (κ1) is 22.3. The Balaban J connectivity index is 2.42. The van der Waals surface area contributed by atoms with Crippen molar-refractivity contribution in [1.29, 1.82) is 0 Å². The summed E-state index contributed by atoms with van der Waals surface area (Å²) in [5, 5.41) is 10.3. The van der Waals surface area contributed by atoms with E-state index in [1.54, 1.807) is 58.0 Å². The Bertz CT molecular complexity index is 1250. The number of fused-ring (bicyclic) bond motifs is 1. The lowest BCUT2D eigenvalue weighted by Gasteiger charge is -2.38. The van der Waals surface area contributed by atoms with E-state index < -0.39 is 29.1 Å². The Kier molecular flexibility index (Phi) is 5.78. The van der Waals surface area contributed by atoms with E-state index in [-0.39, 0.29) is 21.8 Å². The standard InChI is InChI=1S/C22H23ClN4O4/c1-12(27(21(30)31)22(2,3)4)19-25-16-10-6-9-15(23)17(16)20(29)26(19)14-8-5-7-13(11-14)18(24)28/h5-12H,1-4H3,(H2,24,28)(H,30,31)/t12-/m0/s1. The number of rotatable bonds is 4. The number of benzene rings is 2. The van der Waals surface area contributed by atoms with E-state index in [0.717, 1.165) is 0 Å². The monoisotopic (exact) mass is 442 g/mol. The zero-order valence-electron chi connectivity index (χ0n) is 17.6. The number of hydrogen-bond acceptors (Lipinski definition) is 4. The molecular formula is C22H23ClN4O4. The van der Waals surface area contributed by atoms with Gasteiger partial charge in [0.15, 0.2) is 0 Å². The molecule has 0 radical (unpaired) electrons. The van der Waals surface area contributed by atoms with Crippen LogP contribution in [-0.4, -0.2) is 37.1 Å². The van der Waals surface area contributed by atoms with E-state index in [0.29, 0.717) is 11.2 Å². The third-order valence-electron chi connectivity index (χ3n) is 4.95. The maximum absolute atomic E-state index is 13.6. The highest BCUT2D eigenvalue weighted by atomic mass is 35.5. The second-order valence-corrected chi connectivity index (χ2v) is 8.57. The molecule has 0 aliphatic heterocycles. The quantitative estimate of drug-likeness (QED) is 0.633. The molecule has 3 aromatic rings. The summed E-state index contributed by atoms with van der Waals surface area (Å²) in [5.41, 5.74) is 5.04. The van der Waals surface area contributed by atoms with E-state index in [9.17, 15) is 19.5 Å². The normalized spacial score (nSPS) is 12.5. The summed E-state index contributed by atoms with van der Waals surface area (Å²) in [5.74, 6) is -0.461. The van der Waals surface area contributed by atoms with Gasteiger partial charge in [0.2, 0.25) is 5.91 Å². The molecule has 0 spiro atoms. The topological polar surface area (TPSA) is 119 Å². The van der Waals surface area contributed by atoms with E-state index in [1.165, 1.54) is 21.6 Å². The van der Waals surface area contributed by atoms with E-state index in [2.05, 4.69) is 4.98 Å². The van der Waals surface area contributed by atoms with Crippen molar-refractivity contribution in [2.45, 2.75) is 39.3 Å².